The molecule has 1 aliphatic rings. The lowest BCUT2D eigenvalue weighted by atomic mass is 10.0. The van der Waals surface area contributed by atoms with Crippen LogP contribution in [-0.4, -0.2) is 61.8 Å². The second-order valence-electron chi connectivity index (χ2n) is 10.2. The molecule has 3 aromatic heterocycles. The smallest absolute Gasteiger partial charge is 0.410 e. The molecule has 38 heavy (non-hydrogen) atoms. The number of rotatable bonds is 3. The summed E-state index contributed by atoms with van der Waals surface area (Å²) in [5.74, 6) is 0.773. The summed E-state index contributed by atoms with van der Waals surface area (Å²) in [5, 5.41) is 0.671. The predicted octanol–water partition coefficient (Wildman–Crippen LogP) is 5.62. The molecule has 5 rings (SSSR count). The molecule has 0 unspecified atom stereocenters. The Labute approximate surface area is 220 Å². The van der Waals surface area contributed by atoms with Crippen molar-refractivity contribution >= 4 is 28.6 Å². The summed E-state index contributed by atoms with van der Waals surface area (Å²) in [6, 6.07) is 9.78. The molecule has 1 atom stereocenters. The number of piperazine rings is 1. The minimum Gasteiger partial charge on any atom is -0.444 e. The van der Waals surface area contributed by atoms with Crippen LogP contribution in [0.5, 0.6) is 0 Å². The van der Waals surface area contributed by atoms with Crippen LogP contribution in [0, 0.1) is 12.4 Å². The number of hydrogen-bond donors (Lipinski definition) is 0. The van der Waals surface area contributed by atoms with E-state index < -0.39 is 5.60 Å². The van der Waals surface area contributed by atoms with Crippen LogP contribution in [0.4, 0.5) is 20.7 Å². The Balaban J connectivity index is 1.62. The number of anilines is 1. The molecule has 0 saturated carbocycles. The Hall–Kier alpha value is -4.52. The Morgan fingerprint density at radius 2 is 1.92 bits per heavy atom. The highest BCUT2D eigenvalue weighted by atomic mass is 19.1. The van der Waals surface area contributed by atoms with Gasteiger partial charge in [-0.05, 0) is 45.9 Å². The average molecular weight is 514 g/mol. The number of halogens is 1. The van der Waals surface area contributed by atoms with Crippen molar-refractivity contribution in [1.82, 2.24) is 24.4 Å². The van der Waals surface area contributed by atoms with E-state index in [2.05, 4.69) is 24.7 Å². The Morgan fingerprint density at radius 1 is 1.13 bits per heavy atom. The Bertz CT molecular complexity index is 1550. The van der Waals surface area contributed by atoms with Crippen LogP contribution >= 0.6 is 0 Å². The first-order valence-electron chi connectivity index (χ1n) is 12.4. The first kappa shape index (κ1) is 25.1. The van der Waals surface area contributed by atoms with Crippen LogP contribution in [0.15, 0.2) is 55.1 Å². The molecular weight excluding hydrogens is 485 g/mol. The number of nitrogens with zero attached hydrogens (tertiary/aromatic N) is 7. The van der Waals surface area contributed by atoms with Gasteiger partial charge in [-0.2, -0.15) is 0 Å². The molecule has 1 aliphatic heterocycles. The van der Waals surface area contributed by atoms with Crippen molar-refractivity contribution in [2.45, 2.75) is 39.3 Å². The molecule has 0 radical (unpaired) electrons. The summed E-state index contributed by atoms with van der Waals surface area (Å²) in [5.41, 5.74) is 1.43. The molecule has 10 heteroatoms. The van der Waals surface area contributed by atoms with Crippen LogP contribution < -0.4 is 4.90 Å². The largest absolute Gasteiger partial charge is 0.444 e. The maximum atomic E-state index is 15.1. The van der Waals surface area contributed by atoms with E-state index in [0.29, 0.717) is 59.1 Å². The van der Waals surface area contributed by atoms with Gasteiger partial charge in [-0.1, -0.05) is 18.2 Å². The molecule has 1 aromatic carbocycles. The average Bonchev–Trinajstić information content (AvgIpc) is 3.28. The molecule has 0 spiro atoms. The zero-order valence-corrected chi connectivity index (χ0v) is 21.7. The zero-order valence-electron chi connectivity index (χ0n) is 21.7. The Morgan fingerprint density at radius 3 is 2.63 bits per heavy atom. The van der Waals surface area contributed by atoms with E-state index in [1.54, 1.807) is 52.2 Å². The third kappa shape index (κ3) is 4.75. The van der Waals surface area contributed by atoms with Gasteiger partial charge in [0.1, 0.15) is 29.4 Å². The molecule has 4 aromatic rings. The summed E-state index contributed by atoms with van der Waals surface area (Å²) in [6.45, 7) is 16.4. The quantitative estimate of drug-likeness (QED) is 0.331. The van der Waals surface area contributed by atoms with Crippen molar-refractivity contribution in [1.29, 1.82) is 0 Å². The monoisotopic (exact) mass is 513 g/mol. The molecule has 0 N–H and O–H groups in total. The second-order valence-corrected chi connectivity index (χ2v) is 10.2. The van der Waals surface area contributed by atoms with Crippen molar-refractivity contribution in [2.75, 3.05) is 24.5 Å². The molecule has 4 heterocycles. The van der Waals surface area contributed by atoms with Gasteiger partial charge >= 0.3 is 6.09 Å². The highest BCUT2D eigenvalue weighted by molar-refractivity contribution is 6.02. The fourth-order valence-corrected chi connectivity index (χ4v) is 4.70. The van der Waals surface area contributed by atoms with Crippen molar-refractivity contribution in [2.24, 2.45) is 0 Å². The summed E-state index contributed by atoms with van der Waals surface area (Å²) in [4.78, 5) is 33.7. The number of pyridine rings is 1. The van der Waals surface area contributed by atoms with Crippen molar-refractivity contribution in [3.05, 3.63) is 72.4 Å². The topological polar surface area (TPSA) is 80.7 Å². The van der Waals surface area contributed by atoms with Crippen LogP contribution in [0.2, 0.25) is 0 Å². The molecule has 0 bridgehead atoms. The number of carbonyl (C=O) groups excluding carboxylic acids is 1. The number of ether oxygens (including phenoxy) is 1. The zero-order chi connectivity index (χ0) is 27.0. The van der Waals surface area contributed by atoms with Gasteiger partial charge in [0, 0.05) is 49.2 Å². The minimum absolute atomic E-state index is 0.0882. The highest BCUT2D eigenvalue weighted by Crippen LogP contribution is 2.38. The van der Waals surface area contributed by atoms with Crippen molar-refractivity contribution in [3.8, 4) is 16.9 Å². The fourth-order valence-electron chi connectivity index (χ4n) is 4.70. The lowest BCUT2D eigenvalue weighted by molar-refractivity contribution is 0.0218. The van der Waals surface area contributed by atoms with Crippen LogP contribution in [0.1, 0.15) is 27.7 Å². The van der Waals surface area contributed by atoms with Gasteiger partial charge in [-0.25, -0.2) is 29.0 Å². The predicted molar refractivity (Wildman–Crippen MR) is 143 cm³/mol. The van der Waals surface area contributed by atoms with Gasteiger partial charge in [0.25, 0.3) is 0 Å². The van der Waals surface area contributed by atoms with Crippen molar-refractivity contribution in [3.63, 3.8) is 0 Å². The van der Waals surface area contributed by atoms with E-state index in [9.17, 15) is 4.79 Å². The van der Waals surface area contributed by atoms with E-state index in [1.807, 2.05) is 27.7 Å². The van der Waals surface area contributed by atoms with E-state index in [0.717, 1.165) is 0 Å². The summed E-state index contributed by atoms with van der Waals surface area (Å²) in [6.07, 6.45) is 4.49. The normalized spacial score (nSPS) is 15.9. The fraction of sp³-hybridized carbons (Fsp3) is 0.321. The van der Waals surface area contributed by atoms with Crippen LogP contribution in [0.3, 0.4) is 0 Å². The number of fused-ring (bicyclic) bond motifs is 1. The van der Waals surface area contributed by atoms with E-state index in [-0.39, 0.29) is 18.0 Å². The first-order valence-corrected chi connectivity index (χ1v) is 12.4. The maximum absolute atomic E-state index is 15.1. The summed E-state index contributed by atoms with van der Waals surface area (Å²) >= 11 is 0. The highest BCUT2D eigenvalue weighted by Gasteiger charge is 2.32. The molecule has 1 fully saturated rings. The molecule has 1 saturated heterocycles. The maximum Gasteiger partial charge on any atom is 0.410 e. The first-order chi connectivity index (χ1) is 18.2. The van der Waals surface area contributed by atoms with Crippen LogP contribution in [0.25, 0.3) is 32.8 Å². The lowest BCUT2D eigenvalue weighted by Crippen LogP contribution is -2.54. The third-order valence-corrected chi connectivity index (χ3v) is 6.38. The summed E-state index contributed by atoms with van der Waals surface area (Å²) in [7, 11) is 0. The lowest BCUT2D eigenvalue weighted by Gasteiger charge is -2.41. The molecular formula is C28H28FN7O2. The van der Waals surface area contributed by atoms with Gasteiger partial charge in [0.05, 0.1) is 12.0 Å². The number of hydrogen-bond acceptors (Lipinski definition) is 6. The minimum atomic E-state index is -0.577. The SMILES string of the molecule is [C-]#[N+]c1ccnc(-n2cc(-c3ccccc3F)c3c(N4CCN(C(=O)OC(C)(C)C)C[C@@H]4C)ncnc32)c1. The van der Waals surface area contributed by atoms with Gasteiger partial charge in [-0.3, -0.25) is 4.57 Å². The molecule has 194 valence electrons. The van der Waals surface area contributed by atoms with Crippen molar-refractivity contribution < 1.29 is 13.9 Å². The van der Waals surface area contributed by atoms with E-state index in [4.69, 9.17) is 11.3 Å². The number of amides is 1. The second kappa shape index (κ2) is 9.74. The van der Waals surface area contributed by atoms with E-state index in [1.165, 1.54) is 12.4 Å². The van der Waals surface area contributed by atoms with Crippen LogP contribution in [-0.2, 0) is 4.74 Å². The number of benzene rings is 1. The van der Waals surface area contributed by atoms with Gasteiger partial charge in [0.15, 0.2) is 11.3 Å². The molecule has 1 amide bonds. The Kier molecular flexibility index (Phi) is 6.45. The standard InChI is InChI=1S/C28H28FN7O2/c1-18-15-34(27(37)38-28(2,3)4)12-13-35(18)25-24-21(20-8-6-7-9-22(20)29)16-36(26(24)33-17-32-25)23-14-19(30-5)10-11-31-23/h6-11,14,16-18H,12-13,15H2,1-4H3/t18-/m0/s1. The van der Waals surface area contributed by atoms with E-state index >= 15 is 4.39 Å². The molecule has 0 aliphatic carbocycles. The molecule has 9 nitrogen and oxygen atoms in total. The third-order valence-electron chi connectivity index (χ3n) is 6.38. The number of aromatic nitrogens is 4. The van der Waals surface area contributed by atoms with Gasteiger partial charge in [-0.15, -0.1) is 0 Å². The number of carbonyl (C=O) groups is 1. The van der Waals surface area contributed by atoms with Gasteiger partial charge < -0.3 is 14.5 Å². The van der Waals surface area contributed by atoms with Gasteiger partial charge in [0.2, 0.25) is 0 Å². The summed E-state index contributed by atoms with van der Waals surface area (Å²) < 4.78 is 22.4.